The van der Waals surface area contributed by atoms with Crippen LogP contribution in [-0.4, -0.2) is 87.2 Å². The quantitative estimate of drug-likeness (QED) is 0.117. The highest BCUT2D eigenvalue weighted by atomic mass is 16.6. The summed E-state index contributed by atoms with van der Waals surface area (Å²) in [5.74, 6) is 1.25. The third-order valence-corrected chi connectivity index (χ3v) is 12.8. The average Bonchev–Trinajstić information content (AvgIpc) is 3.99. The van der Waals surface area contributed by atoms with E-state index in [1.165, 1.54) is 7.11 Å². The van der Waals surface area contributed by atoms with Gasteiger partial charge in [-0.25, -0.2) is 19.2 Å². The summed E-state index contributed by atoms with van der Waals surface area (Å²) in [5.41, 5.74) is 8.41. The maximum Gasteiger partial charge on any atom is 0.329 e. The molecule has 0 radical (unpaired) electrons. The van der Waals surface area contributed by atoms with Gasteiger partial charge in [-0.15, -0.1) is 5.10 Å². The standard InChI is InChI=1S/C51H47N7O9/c1-30(2)41(47(61)65-3)53-50(64)57-38-25-20-31(13-12-26-56-39-19-11-10-18-37(39)54-55-56)29-36(38)51(49(57)63)40(46(52)60)43-48(62)67-44(33-16-8-5-9-17-33)42(32-14-6-4-7-15-32)58(43)45(51)34-21-23-35(24-22-34)66-28-27-59/h4-11,14-25,29-30,40-45,59H,26-28H2,1-3H3,(H2,52,60)(H,53,64)/t40-,41+,42-,43-,44+,45+,51-/m1/s1. The Morgan fingerprint density at radius 1 is 0.881 bits per heavy atom. The van der Waals surface area contributed by atoms with Gasteiger partial charge in [0.2, 0.25) is 11.8 Å². The first-order valence-corrected chi connectivity index (χ1v) is 21.8. The number of nitrogens with zero attached hydrogens (tertiary/aromatic N) is 5. The van der Waals surface area contributed by atoms with E-state index in [1.54, 1.807) is 61.0 Å². The van der Waals surface area contributed by atoms with E-state index in [9.17, 15) is 19.5 Å². The number of benzene rings is 5. The van der Waals surface area contributed by atoms with Crippen LogP contribution in [0.5, 0.6) is 5.75 Å². The van der Waals surface area contributed by atoms with Gasteiger partial charge in [-0.1, -0.05) is 116 Å². The minimum atomic E-state index is -2.12. The number of hydrogen-bond donors (Lipinski definition) is 3. The number of imide groups is 1. The zero-order valence-electron chi connectivity index (χ0n) is 36.8. The largest absolute Gasteiger partial charge is 0.491 e. The topological polar surface area (TPSA) is 209 Å². The lowest BCUT2D eigenvalue weighted by Crippen LogP contribution is -2.57. The van der Waals surface area contributed by atoms with E-state index < -0.39 is 77.3 Å². The number of cyclic esters (lactones) is 1. The number of esters is 2. The van der Waals surface area contributed by atoms with Gasteiger partial charge in [0.15, 0.2) is 0 Å². The minimum Gasteiger partial charge on any atom is -0.491 e. The summed E-state index contributed by atoms with van der Waals surface area (Å²) in [6.45, 7) is 3.37. The average molecular weight is 902 g/mol. The van der Waals surface area contributed by atoms with E-state index in [0.717, 1.165) is 10.4 Å². The number of aliphatic hydroxyl groups is 1. The van der Waals surface area contributed by atoms with E-state index in [1.807, 2.05) is 89.8 Å². The van der Waals surface area contributed by atoms with Gasteiger partial charge >= 0.3 is 18.0 Å². The number of urea groups is 1. The fraction of sp³-hybridized carbons (Fsp3) is 0.275. The first kappa shape index (κ1) is 44.3. The maximum atomic E-state index is 16.2. The predicted molar refractivity (Wildman–Crippen MR) is 244 cm³/mol. The van der Waals surface area contributed by atoms with Crippen molar-refractivity contribution in [2.24, 2.45) is 17.6 Å². The molecular formula is C51H47N7O9. The van der Waals surface area contributed by atoms with Crippen molar-refractivity contribution < 1.29 is 43.3 Å². The molecule has 2 saturated heterocycles. The number of nitrogens with two attached hydrogens (primary N) is 1. The van der Waals surface area contributed by atoms with Gasteiger partial charge in [0, 0.05) is 5.56 Å². The maximum absolute atomic E-state index is 16.2. The molecule has 340 valence electrons. The molecule has 9 rings (SSSR count). The lowest BCUT2D eigenvalue weighted by molar-refractivity contribution is -0.178. The van der Waals surface area contributed by atoms with E-state index in [2.05, 4.69) is 27.5 Å². The number of hydrogen-bond acceptors (Lipinski definition) is 12. The Morgan fingerprint density at radius 3 is 2.24 bits per heavy atom. The molecule has 67 heavy (non-hydrogen) atoms. The van der Waals surface area contributed by atoms with Gasteiger partial charge in [-0.05, 0) is 70.6 Å². The molecule has 0 saturated carbocycles. The normalized spacial score (nSPS) is 22.4. The van der Waals surface area contributed by atoms with Crippen molar-refractivity contribution >= 4 is 46.5 Å². The summed E-state index contributed by atoms with van der Waals surface area (Å²) in [4.78, 5) is 76.5. The van der Waals surface area contributed by atoms with E-state index in [0.29, 0.717) is 33.5 Å². The zero-order valence-corrected chi connectivity index (χ0v) is 36.8. The monoisotopic (exact) mass is 901 g/mol. The van der Waals surface area contributed by atoms with Crippen LogP contribution in [0.1, 0.15) is 59.9 Å². The Labute approximate surface area is 385 Å². The molecule has 0 aliphatic carbocycles. The number of aromatic nitrogens is 3. The molecule has 1 spiro atoms. The number of fused-ring (bicyclic) bond motifs is 4. The van der Waals surface area contributed by atoms with Crippen LogP contribution in [0.3, 0.4) is 0 Å². The molecule has 1 aromatic heterocycles. The van der Waals surface area contributed by atoms with Crippen molar-refractivity contribution in [2.45, 2.75) is 56.1 Å². The molecule has 7 atom stereocenters. The number of rotatable bonds is 11. The van der Waals surface area contributed by atoms with Crippen LogP contribution in [0.15, 0.2) is 127 Å². The van der Waals surface area contributed by atoms with Gasteiger partial charge in [0.1, 0.15) is 48.0 Å². The molecule has 16 nitrogen and oxygen atoms in total. The first-order chi connectivity index (χ1) is 32.5. The summed E-state index contributed by atoms with van der Waals surface area (Å²) in [5, 5.41) is 20.7. The van der Waals surface area contributed by atoms with E-state index in [-0.39, 0.29) is 31.0 Å². The fourth-order valence-electron chi connectivity index (χ4n) is 10.00. The summed E-state index contributed by atoms with van der Waals surface area (Å²) in [6, 6.07) is 32.0. The van der Waals surface area contributed by atoms with Crippen LogP contribution < -0.4 is 20.7 Å². The number of carbonyl (C=O) groups excluding carboxylic acids is 5. The number of amides is 4. The van der Waals surface area contributed by atoms with E-state index >= 15 is 9.59 Å². The Morgan fingerprint density at radius 2 is 1.57 bits per heavy atom. The lowest BCUT2D eigenvalue weighted by Gasteiger charge is -2.46. The van der Waals surface area contributed by atoms with Crippen LogP contribution in [0, 0.1) is 23.7 Å². The molecule has 4 heterocycles. The zero-order chi connectivity index (χ0) is 47.0. The number of morpholine rings is 1. The molecule has 16 heteroatoms. The lowest BCUT2D eigenvalue weighted by atomic mass is 9.65. The highest BCUT2D eigenvalue weighted by Gasteiger charge is 2.75. The second kappa shape index (κ2) is 18.2. The molecule has 5 aromatic carbocycles. The van der Waals surface area contributed by atoms with Crippen LogP contribution in [0.2, 0.25) is 0 Å². The number of nitrogens with one attached hydrogen (secondary N) is 1. The molecule has 3 aliphatic heterocycles. The summed E-state index contributed by atoms with van der Waals surface area (Å²) < 4.78 is 18.9. The first-order valence-electron chi connectivity index (χ1n) is 21.8. The molecule has 4 amide bonds. The van der Waals surface area contributed by atoms with Crippen LogP contribution >= 0.6 is 0 Å². The third kappa shape index (κ3) is 7.61. The summed E-state index contributed by atoms with van der Waals surface area (Å²) in [6.07, 6.45) is -0.946. The number of ether oxygens (including phenoxy) is 3. The molecule has 4 N–H and O–H groups in total. The number of aliphatic hydroxyl groups excluding tert-OH is 1. The van der Waals surface area contributed by atoms with Crippen molar-refractivity contribution in [3.8, 4) is 17.6 Å². The molecule has 2 fully saturated rings. The highest BCUT2D eigenvalue weighted by Crippen LogP contribution is 2.65. The number of primary amides is 1. The summed E-state index contributed by atoms with van der Waals surface area (Å²) in [7, 11) is 1.20. The number of anilines is 1. The van der Waals surface area contributed by atoms with Gasteiger partial charge in [-0.3, -0.25) is 19.3 Å². The number of methoxy groups -OCH3 is 1. The molecule has 0 bridgehead atoms. The van der Waals surface area contributed by atoms with Crippen LogP contribution in [-0.2, 0) is 40.6 Å². The van der Waals surface area contributed by atoms with Crippen molar-refractivity contribution in [2.75, 3.05) is 25.2 Å². The van der Waals surface area contributed by atoms with Gasteiger partial charge in [-0.2, -0.15) is 0 Å². The van der Waals surface area contributed by atoms with Crippen LogP contribution in [0.4, 0.5) is 10.5 Å². The number of para-hydroxylation sites is 1. The van der Waals surface area contributed by atoms with E-state index in [4.69, 9.17) is 19.9 Å². The van der Waals surface area contributed by atoms with Gasteiger partial charge in [0.05, 0.1) is 42.9 Å². The van der Waals surface area contributed by atoms with Gasteiger partial charge in [0.25, 0.3) is 0 Å². The third-order valence-electron chi connectivity index (χ3n) is 12.8. The van der Waals surface area contributed by atoms with Crippen molar-refractivity contribution in [1.82, 2.24) is 25.2 Å². The Hall–Kier alpha value is -7.87. The SMILES string of the molecule is COC(=O)[C@@H](NC(=O)N1C(=O)[C@@]2(c3cc(C#CCn4nnc5ccccc54)ccc31)[C@H](c1ccc(OCCO)cc1)N1[C@H](c3ccccc3)[C@H](c3ccccc3)OC(=O)[C@H]1[C@@H]2C(N)=O)C(C)C. The smallest absolute Gasteiger partial charge is 0.329 e. The Kier molecular flexibility index (Phi) is 12.0. The second-order valence-electron chi connectivity index (χ2n) is 16.9. The summed E-state index contributed by atoms with van der Waals surface area (Å²) >= 11 is 0. The van der Waals surface area contributed by atoms with Crippen molar-refractivity contribution in [3.05, 3.63) is 155 Å². The molecular weight excluding hydrogens is 855 g/mol. The Bertz CT molecular complexity index is 2930. The molecule has 6 aromatic rings. The van der Waals surface area contributed by atoms with Crippen molar-refractivity contribution in [3.63, 3.8) is 0 Å². The van der Waals surface area contributed by atoms with Crippen LogP contribution in [0.25, 0.3) is 11.0 Å². The fourth-order valence-corrected chi connectivity index (χ4v) is 10.00. The molecule has 0 unspecified atom stereocenters. The number of carbonyl (C=O) groups is 5. The predicted octanol–water partition coefficient (Wildman–Crippen LogP) is 4.91. The van der Waals surface area contributed by atoms with Crippen molar-refractivity contribution in [1.29, 1.82) is 0 Å². The highest BCUT2D eigenvalue weighted by molar-refractivity contribution is 6.25. The van der Waals surface area contributed by atoms with Gasteiger partial charge < -0.3 is 30.4 Å². The Balaban J connectivity index is 1.30. The second-order valence-corrected chi connectivity index (χ2v) is 16.9. The minimum absolute atomic E-state index is 0.0150. The molecule has 3 aliphatic rings.